The van der Waals surface area contributed by atoms with Gasteiger partial charge < -0.3 is 10.5 Å². The molecule has 0 spiro atoms. The lowest BCUT2D eigenvalue weighted by atomic mass is 10.00. The summed E-state index contributed by atoms with van der Waals surface area (Å²) in [5, 5.41) is 0. The SMILES string of the molecule is NCc1ccc(-c2ccc3c(c2)COC3)cc1. The molecule has 0 amide bonds. The molecule has 0 aliphatic carbocycles. The average molecular weight is 225 g/mol. The summed E-state index contributed by atoms with van der Waals surface area (Å²) in [6, 6.07) is 15.0. The van der Waals surface area contributed by atoms with Crippen molar-refractivity contribution in [3.8, 4) is 11.1 Å². The van der Waals surface area contributed by atoms with E-state index in [9.17, 15) is 0 Å². The number of hydrogen-bond acceptors (Lipinski definition) is 2. The molecular weight excluding hydrogens is 210 g/mol. The van der Waals surface area contributed by atoms with E-state index in [-0.39, 0.29) is 0 Å². The van der Waals surface area contributed by atoms with Crippen molar-refractivity contribution in [2.24, 2.45) is 5.73 Å². The van der Waals surface area contributed by atoms with Gasteiger partial charge in [-0.15, -0.1) is 0 Å². The molecule has 3 rings (SSSR count). The first-order chi connectivity index (χ1) is 8.36. The maximum Gasteiger partial charge on any atom is 0.0725 e. The van der Waals surface area contributed by atoms with Crippen LogP contribution in [0, 0.1) is 0 Å². The molecule has 0 saturated carbocycles. The second-order valence-corrected chi connectivity index (χ2v) is 4.38. The molecule has 0 aromatic heterocycles. The lowest BCUT2D eigenvalue weighted by Crippen LogP contribution is -1.95. The van der Waals surface area contributed by atoms with Crippen LogP contribution in [-0.2, 0) is 24.5 Å². The quantitative estimate of drug-likeness (QED) is 0.853. The van der Waals surface area contributed by atoms with Crippen molar-refractivity contribution in [1.29, 1.82) is 0 Å². The Morgan fingerprint density at radius 3 is 2.35 bits per heavy atom. The molecular formula is C15H15NO. The Morgan fingerprint density at radius 1 is 0.882 bits per heavy atom. The first kappa shape index (κ1) is 10.5. The Bertz CT molecular complexity index is 531. The number of ether oxygens (including phenoxy) is 1. The Balaban J connectivity index is 1.97. The van der Waals surface area contributed by atoms with Crippen LogP contribution in [0.2, 0.25) is 0 Å². The van der Waals surface area contributed by atoms with E-state index in [2.05, 4.69) is 42.5 Å². The van der Waals surface area contributed by atoms with Crippen molar-refractivity contribution in [2.45, 2.75) is 19.8 Å². The highest BCUT2D eigenvalue weighted by atomic mass is 16.5. The minimum Gasteiger partial charge on any atom is -0.372 e. The Kier molecular flexibility index (Phi) is 2.67. The first-order valence-corrected chi connectivity index (χ1v) is 5.86. The molecule has 2 heteroatoms. The van der Waals surface area contributed by atoms with Crippen molar-refractivity contribution in [3.05, 3.63) is 59.2 Å². The van der Waals surface area contributed by atoms with Gasteiger partial charge in [-0.3, -0.25) is 0 Å². The minimum atomic E-state index is 0.596. The standard InChI is InChI=1S/C15H15NO/c16-8-11-1-3-12(4-2-11)13-5-6-14-9-17-10-15(14)7-13/h1-7H,8-10,16H2. The van der Waals surface area contributed by atoms with Crippen LogP contribution in [0.4, 0.5) is 0 Å². The summed E-state index contributed by atoms with van der Waals surface area (Å²) in [5.74, 6) is 0. The Morgan fingerprint density at radius 2 is 1.59 bits per heavy atom. The number of rotatable bonds is 2. The smallest absolute Gasteiger partial charge is 0.0725 e. The summed E-state index contributed by atoms with van der Waals surface area (Å²) in [4.78, 5) is 0. The van der Waals surface area contributed by atoms with Gasteiger partial charge in [-0.1, -0.05) is 36.4 Å². The third kappa shape index (κ3) is 1.97. The average Bonchev–Trinajstić information content (AvgIpc) is 2.86. The second kappa shape index (κ2) is 4.32. The van der Waals surface area contributed by atoms with E-state index in [1.165, 1.54) is 27.8 Å². The van der Waals surface area contributed by atoms with Gasteiger partial charge in [0.05, 0.1) is 13.2 Å². The molecule has 2 N–H and O–H groups in total. The summed E-state index contributed by atoms with van der Waals surface area (Å²) in [5.41, 5.74) is 11.9. The zero-order valence-corrected chi connectivity index (χ0v) is 9.65. The van der Waals surface area contributed by atoms with Crippen LogP contribution < -0.4 is 5.73 Å². The van der Waals surface area contributed by atoms with Crippen molar-refractivity contribution >= 4 is 0 Å². The molecule has 1 aliphatic rings. The van der Waals surface area contributed by atoms with E-state index in [1.54, 1.807) is 0 Å². The van der Waals surface area contributed by atoms with Crippen LogP contribution in [0.1, 0.15) is 16.7 Å². The maximum atomic E-state index is 5.60. The van der Waals surface area contributed by atoms with Gasteiger partial charge >= 0.3 is 0 Å². The van der Waals surface area contributed by atoms with Gasteiger partial charge in [0, 0.05) is 6.54 Å². The largest absolute Gasteiger partial charge is 0.372 e. The van der Waals surface area contributed by atoms with Crippen LogP contribution in [-0.4, -0.2) is 0 Å². The zero-order chi connectivity index (χ0) is 11.7. The summed E-state index contributed by atoms with van der Waals surface area (Å²) < 4.78 is 5.43. The molecule has 0 radical (unpaired) electrons. The summed E-state index contributed by atoms with van der Waals surface area (Å²) in [6.07, 6.45) is 0. The zero-order valence-electron chi connectivity index (χ0n) is 9.65. The number of nitrogens with two attached hydrogens (primary N) is 1. The van der Waals surface area contributed by atoms with Crippen LogP contribution >= 0.6 is 0 Å². The van der Waals surface area contributed by atoms with Crippen molar-refractivity contribution in [3.63, 3.8) is 0 Å². The number of fused-ring (bicyclic) bond motifs is 1. The van der Waals surface area contributed by atoms with Gasteiger partial charge in [0.1, 0.15) is 0 Å². The fraction of sp³-hybridized carbons (Fsp3) is 0.200. The van der Waals surface area contributed by atoms with Crippen LogP contribution in [0.15, 0.2) is 42.5 Å². The van der Waals surface area contributed by atoms with Crippen molar-refractivity contribution in [2.75, 3.05) is 0 Å². The Labute approximate surface area is 101 Å². The third-order valence-electron chi connectivity index (χ3n) is 3.24. The Hall–Kier alpha value is -1.64. The molecule has 1 aliphatic heterocycles. The highest BCUT2D eigenvalue weighted by Gasteiger charge is 2.11. The molecule has 0 bridgehead atoms. The van der Waals surface area contributed by atoms with E-state index in [1.807, 2.05) is 0 Å². The van der Waals surface area contributed by atoms with E-state index in [0.29, 0.717) is 6.54 Å². The lowest BCUT2D eigenvalue weighted by molar-refractivity contribution is 0.134. The molecule has 2 aromatic carbocycles. The highest BCUT2D eigenvalue weighted by Crippen LogP contribution is 2.27. The number of benzene rings is 2. The van der Waals surface area contributed by atoms with E-state index in [0.717, 1.165) is 13.2 Å². The lowest BCUT2D eigenvalue weighted by Gasteiger charge is -2.05. The monoisotopic (exact) mass is 225 g/mol. The summed E-state index contributed by atoms with van der Waals surface area (Å²) in [7, 11) is 0. The van der Waals surface area contributed by atoms with Crippen LogP contribution in [0.25, 0.3) is 11.1 Å². The molecule has 2 aromatic rings. The fourth-order valence-corrected chi connectivity index (χ4v) is 2.18. The molecule has 86 valence electrons. The molecule has 17 heavy (non-hydrogen) atoms. The number of hydrogen-bond donors (Lipinski definition) is 1. The maximum absolute atomic E-state index is 5.60. The molecule has 0 atom stereocenters. The van der Waals surface area contributed by atoms with E-state index < -0.39 is 0 Å². The highest BCUT2D eigenvalue weighted by molar-refractivity contribution is 5.65. The molecule has 0 saturated heterocycles. The molecule has 0 fully saturated rings. The van der Waals surface area contributed by atoms with E-state index >= 15 is 0 Å². The normalized spacial score (nSPS) is 13.7. The van der Waals surface area contributed by atoms with Crippen LogP contribution in [0.3, 0.4) is 0 Å². The third-order valence-corrected chi connectivity index (χ3v) is 3.24. The molecule has 2 nitrogen and oxygen atoms in total. The fourth-order valence-electron chi connectivity index (χ4n) is 2.18. The summed E-state index contributed by atoms with van der Waals surface area (Å²) in [6.45, 7) is 2.09. The molecule has 0 unspecified atom stereocenters. The first-order valence-electron chi connectivity index (χ1n) is 5.86. The van der Waals surface area contributed by atoms with Gasteiger partial charge in [-0.25, -0.2) is 0 Å². The topological polar surface area (TPSA) is 35.2 Å². The van der Waals surface area contributed by atoms with Crippen molar-refractivity contribution in [1.82, 2.24) is 0 Å². The van der Waals surface area contributed by atoms with Gasteiger partial charge in [-0.2, -0.15) is 0 Å². The van der Waals surface area contributed by atoms with Gasteiger partial charge in [0.25, 0.3) is 0 Å². The second-order valence-electron chi connectivity index (χ2n) is 4.38. The predicted octanol–water partition coefficient (Wildman–Crippen LogP) is 2.84. The van der Waals surface area contributed by atoms with E-state index in [4.69, 9.17) is 10.5 Å². The van der Waals surface area contributed by atoms with Gasteiger partial charge in [-0.05, 0) is 33.9 Å². The van der Waals surface area contributed by atoms with Gasteiger partial charge in [0.2, 0.25) is 0 Å². The summed E-state index contributed by atoms with van der Waals surface area (Å²) >= 11 is 0. The molecule has 1 heterocycles. The van der Waals surface area contributed by atoms with Crippen molar-refractivity contribution < 1.29 is 4.74 Å². The van der Waals surface area contributed by atoms with Gasteiger partial charge in [0.15, 0.2) is 0 Å². The predicted molar refractivity (Wildman–Crippen MR) is 68.3 cm³/mol. The minimum absolute atomic E-state index is 0.596. The van der Waals surface area contributed by atoms with Crippen LogP contribution in [0.5, 0.6) is 0 Å².